The zero-order valence-electron chi connectivity index (χ0n) is 17.2. The van der Waals surface area contributed by atoms with Crippen LogP contribution in [0.3, 0.4) is 0 Å². The van der Waals surface area contributed by atoms with Gasteiger partial charge in [-0.05, 0) is 42.3 Å². The van der Waals surface area contributed by atoms with Gasteiger partial charge >= 0.3 is 0 Å². The highest BCUT2D eigenvalue weighted by atomic mass is 35.5. The van der Waals surface area contributed by atoms with E-state index in [4.69, 9.17) is 23.2 Å². The number of aryl methyl sites for hydroxylation is 1. The lowest BCUT2D eigenvalue weighted by molar-refractivity contribution is 0.156. The molecule has 1 aliphatic rings. The average Bonchev–Trinajstić information content (AvgIpc) is 2.77. The fourth-order valence-corrected chi connectivity index (χ4v) is 5.94. The minimum Gasteiger partial charge on any atom is -0.290 e. The minimum absolute atomic E-state index is 0.0739. The van der Waals surface area contributed by atoms with Crippen molar-refractivity contribution < 1.29 is 8.42 Å². The Bertz CT molecular complexity index is 1140. The van der Waals surface area contributed by atoms with Gasteiger partial charge in [0.1, 0.15) is 0 Å². The van der Waals surface area contributed by atoms with Crippen LogP contribution in [0.1, 0.15) is 22.7 Å². The summed E-state index contributed by atoms with van der Waals surface area (Å²) in [5.74, 6) is 0. The molecule has 0 saturated carbocycles. The molecule has 0 N–H and O–H groups in total. The fraction of sp³-hybridized carbons (Fsp3) is 0.250. The van der Waals surface area contributed by atoms with E-state index in [0.717, 1.165) is 16.7 Å². The summed E-state index contributed by atoms with van der Waals surface area (Å²) in [6, 6.07) is 22.6. The highest BCUT2D eigenvalue weighted by Gasteiger charge is 2.32. The van der Waals surface area contributed by atoms with Crippen LogP contribution in [0.25, 0.3) is 0 Å². The second-order valence-corrected chi connectivity index (χ2v) is 10.5. The Morgan fingerprint density at radius 2 is 1.48 bits per heavy atom. The molecule has 0 spiro atoms. The van der Waals surface area contributed by atoms with Crippen molar-refractivity contribution in [1.29, 1.82) is 0 Å². The zero-order chi connectivity index (χ0) is 22.0. The van der Waals surface area contributed by atoms with Crippen molar-refractivity contribution in [3.63, 3.8) is 0 Å². The highest BCUT2D eigenvalue weighted by Crippen LogP contribution is 2.35. The number of halogens is 2. The third-order valence-corrected chi connectivity index (χ3v) is 8.14. The molecule has 0 aromatic heterocycles. The topological polar surface area (TPSA) is 40.6 Å². The van der Waals surface area contributed by atoms with Crippen LogP contribution >= 0.6 is 23.2 Å². The second-order valence-electron chi connectivity index (χ2n) is 7.73. The van der Waals surface area contributed by atoms with Gasteiger partial charge in [0.05, 0.1) is 10.9 Å². The molecule has 0 amide bonds. The molecule has 31 heavy (non-hydrogen) atoms. The molecule has 1 aliphatic heterocycles. The summed E-state index contributed by atoms with van der Waals surface area (Å²) in [6.07, 6.45) is 0. The first-order valence-corrected chi connectivity index (χ1v) is 12.4. The summed E-state index contributed by atoms with van der Waals surface area (Å²) >= 11 is 12.7. The van der Waals surface area contributed by atoms with Gasteiger partial charge in [0, 0.05) is 36.2 Å². The number of piperazine rings is 1. The largest absolute Gasteiger partial charge is 0.290 e. The van der Waals surface area contributed by atoms with Crippen molar-refractivity contribution >= 4 is 33.2 Å². The fourth-order valence-electron chi connectivity index (χ4n) is 4.01. The third kappa shape index (κ3) is 4.81. The van der Waals surface area contributed by atoms with Crippen molar-refractivity contribution in [3.8, 4) is 0 Å². The Labute approximate surface area is 194 Å². The molecule has 162 valence electrons. The van der Waals surface area contributed by atoms with Gasteiger partial charge in [-0.25, -0.2) is 8.42 Å². The molecule has 0 aliphatic carbocycles. The maximum absolute atomic E-state index is 13.1. The van der Waals surface area contributed by atoms with E-state index >= 15 is 0 Å². The summed E-state index contributed by atoms with van der Waals surface area (Å²) in [5, 5.41) is 1.20. The minimum atomic E-state index is -3.51. The van der Waals surface area contributed by atoms with E-state index in [-0.39, 0.29) is 6.04 Å². The van der Waals surface area contributed by atoms with Crippen molar-refractivity contribution in [1.82, 2.24) is 9.21 Å². The lowest BCUT2D eigenvalue weighted by Crippen LogP contribution is -2.49. The molecular weight excluding hydrogens is 451 g/mol. The van der Waals surface area contributed by atoms with Crippen molar-refractivity contribution in [2.45, 2.75) is 17.9 Å². The predicted molar refractivity (Wildman–Crippen MR) is 126 cm³/mol. The number of hydrogen-bond acceptors (Lipinski definition) is 3. The molecule has 4 nitrogen and oxygen atoms in total. The van der Waals surface area contributed by atoms with Gasteiger partial charge < -0.3 is 0 Å². The van der Waals surface area contributed by atoms with Crippen molar-refractivity contribution in [2.75, 3.05) is 26.2 Å². The Balaban J connectivity index is 1.59. The monoisotopic (exact) mass is 474 g/mol. The summed E-state index contributed by atoms with van der Waals surface area (Å²) < 4.78 is 27.7. The normalized spacial score (nSPS) is 16.9. The number of hydrogen-bond donors (Lipinski definition) is 0. The molecule has 1 heterocycles. The average molecular weight is 475 g/mol. The highest BCUT2D eigenvalue weighted by molar-refractivity contribution is 7.89. The van der Waals surface area contributed by atoms with Crippen molar-refractivity contribution in [2.24, 2.45) is 0 Å². The number of sulfonamides is 1. The Hall–Kier alpha value is -1.89. The molecule has 1 atom stereocenters. The third-order valence-electron chi connectivity index (χ3n) is 5.67. The van der Waals surface area contributed by atoms with Gasteiger partial charge in [-0.3, -0.25) is 4.90 Å². The zero-order valence-corrected chi connectivity index (χ0v) is 19.5. The summed E-state index contributed by atoms with van der Waals surface area (Å²) in [4.78, 5) is 2.62. The summed E-state index contributed by atoms with van der Waals surface area (Å²) in [5.41, 5.74) is 3.11. The lowest BCUT2D eigenvalue weighted by atomic mass is 9.96. The van der Waals surface area contributed by atoms with E-state index in [1.54, 1.807) is 22.5 Å². The van der Waals surface area contributed by atoms with Gasteiger partial charge in [0.25, 0.3) is 0 Å². The van der Waals surface area contributed by atoms with Gasteiger partial charge in [0.15, 0.2) is 0 Å². The molecule has 1 fully saturated rings. The van der Waals surface area contributed by atoms with Crippen LogP contribution in [0.15, 0.2) is 77.7 Å². The number of benzene rings is 3. The predicted octanol–water partition coefficient (Wildman–Crippen LogP) is 5.40. The van der Waals surface area contributed by atoms with Crippen LogP contribution in [0.4, 0.5) is 0 Å². The Morgan fingerprint density at radius 3 is 2.10 bits per heavy atom. The lowest BCUT2D eigenvalue weighted by Gasteiger charge is -2.39. The Morgan fingerprint density at radius 1 is 0.839 bits per heavy atom. The Kier molecular flexibility index (Phi) is 6.70. The first kappa shape index (κ1) is 22.3. The first-order valence-electron chi connectivity index (χ1n) is 10.2. The number of nitrogens with zero attached hydrogens (tertiary/aromatic N) is 2. The van der Waals surface area contributed by atoms with Crippen molar-refractivity contribution in [3.05, 3.63) is 99.5 Å². The molecule has 1 saturated heterocycles. The van der Waals surface area contributed by atoms with Gasteiger partial charge in [0.2, 0.25) is 10.0 Å². The first-order chi connectivity index (χ1) is 14.9. The maximum atomic E-state index is 13.1. The molecule has 3 aromatic rings. The van der Waals surface area contributed by atoms with E-state index in [2.05, 4.69) is 17.0 Å². The molecule has 0 radical (unpaired) electrons. The van der Waals surface area contributed by atoms with Crippen LogP contribution in [0.2, 0.25) is 10.0 Å². The van der Waals surface area contributed by atoms with Crippen LogP contribution in [-0.2, 0) is 10.0 Å². The van der Waals surface area contributed by atoms with E-state index < -0.39 is 10.0 Å². The van der Waals surface area contributed by atoms with Crippen LogP contribution in [-0.4, -0.2) is 43.8 Å². The standard InChI is InChI=1S/C24H24Cl2N2O2S/c1-18-7-10-21(11-8-18)31(29,30)28-15-13-27(14-16-28)24(19-5-3-2-4-6-19)22-12-9-20(25)17-23(22)26/h2-12,17,24H,13-16H2,1H3/t24-/m0/s1. The smallest absolute Gasteiger partial charge is 0.243 e. The van der Waals surface area contributed by atoms with Gasteiger partial charge in [-0.2, -0.15) is 4.31 Å². The molecule has 0 unspecified atom stereocenters. The molecule has 0 bridgehead atoms. The molecule has 4 rings (SSSR count). The summed E-state index contributed by atoms with van der Waals surface area (Å²) in [6.45, 7) is 3.99. The SMILES string of the molecule is Cc1ccc(S(=O)(=O)N2CCN([C@@H](c3ccccc3)c3ccc(Cl)cc3Cl)CC2)cc1. The maximum Gasteiger partial charge on any atom is 0.243 e. The van der Waals surface area contributed by atoms with Gasteiger partial charge in [-0.1, -0.05) is 77.3 Å². The number of rotatable bonds is 5. The molecular formula is C24H24Cl2N2O2S. The van der Waals surface area contributed by atoms with E-state index in [0.29, 0.717) is 41.1 Å². The second kappa shape index (κ2) is 9.31. The quantitative estimate of drug-likeness (QED) is 0.496. The molecule has 7 heteroatoms. The van der Waals surface area contributed by atoms with E-state index in [1.807, 2.05) is 49.4 Å². The van der Waals surface area contributed by atoms with Gasteiger partial charge in [-0.15, -0.1) is 0 Å². The van der Waals surface area contributed by atoms with Crippen LogP contribution in [0, 0.1) is 6.92 Å². The van der Waals surface area contributed by atoms with E-state index in [9.17, 15) is 8.42 Å². The summed E-state index contributed by atoms with van der Waals surface area (Å²) in [7, 11) is -3.51. The van der Waals surface area contributed by atoms with Crippen LogP contribution < -0.4 is 0 Å². The van der Waals surface area contributed by atoms with Crippen LogP contribution in [0.5, 0.6) is 0 Å². The van der Waals surface area contributed by atoms with E-state index in [1.165, 1.54) is 0 Å². The molecule has 3 aromatic carbocycles.